The number of para-hydroxylation sites is 1. The zero-order valence-electron chi connectivity index (χ0n) is 23.3. The van der Waals surface area contributed by atoms with E-state index >= 15 is 0 Å². The quantitative estimate of drug-likeness (QED) is 0.284. The van der Waals surface area contributed by atoms with E-state index in [-0.39, 0.29) is 5.91 Å². The number of hydrogen-bond acceptors (Lipinski definition) is 6. The van der Waals surface area contributed by atoms with Gasteiger partial charge in [-0.2, -0.15) is 0 Å². The van der Waals surface area contributed by atoms with E-state index < -0.39 is 0 Å². The van der Waals surface area contributed by atoms with E-state index in [0.29, 0.717) is 17.8 Å². The number of aryl methyl sites for hydroxylation is 1. The molecular formula is C33H34N6O2. The van der Waals surface area contributed by atoms with E-state index in [2.05, 4.69) is 33.3 Å². The van der Waals surface area contributed by atoms with Crippen LogP contribution >= 0.6 is 0 Å². The van der Waals surface area contributed by atoms with Crippen molar-refractivity contribution in [3.05, 3.63) is 79.3 Å². The zero-order chi connectivity index (χ0) is 28.3. The average molecular weight is 547 g/mol. The number of aromatic nitrogens is 3. The topological polar surface area (TPSA) is 89.5 Å². The Morgan fingerprint density at radius 3 is 2.56 bits per heavy atom. The minimum atomic E-state index is 0.0347. The smallest absolute Gasteiger partial charge is 0.245 e. The molecule has 1 atom stereocenters. The van der Waals surface area contributed by atoms with Crippen LogP contribution in [0.25, 0.3) is 22.2 Å². The summed E-state index contributed by atoms with van der Waals surface area (Å²) >= 11 is 0. The van der Waals surface area contributed by atoms with Gasteiger partial charge >= 0.3 is 0 Å². The Kier molecular flexibility index (Phi) is 7.45. The Morgan fingerprint density at radius 2 is 1.80 bits per heavy atom. The summed E-state index contributed by atoms with van der Waals surface area (Å²) < 4.78 is 8.01. The number of amides is 1. The number of rotatable bonds is 5. The second kappa shape index (κ2) is 11.5. The van der Waals surface area contributed by atoms with E-state index in [1.54, 1.807) is 0 Å². The summed E-state index contributed by atoms with van der Waals surface area (Å²) in [5, 5.41) is 0.809. The Labute approximate surface area is 240 Å². The van der Waals surface area contributed by atoms with E-state index in [1.807, 2.05) is 71.1 Å². The number of carbonyl (C=O) groups excluding carboxylic acids is 1. The molecule has 2 aliphatic heterocycles. The Hall–Kier alpha value is -4.61. The Morgan fingerprint density at radius 1 is 1.05 bits per heavy atom. The summed E-state index contributed by atoms with van der Waals surface area (Å²) in [5.74, 6) is 9.32. The fourth-order valence-electron chi connectivity index (χ4n) is 5.88. The fraction of sp³-hybridized carbons (Fsp3) is 0.303. The number of nitrogens with two attached hydrogens (primary N) is 1. The minimum absolute atomic E-state index is 0.0347. The average Bonchev–Trinajstić information content (AvgIpc) is 3.10. The first-order valence-electron chi connectivity index (χ1n) is 14.1. The van der Waals surface area contributed by atoms with Gasteiger partial charge in [-0.15, -0.1) is 0 Å². The highest BCUT2D eigenvalue weighted by Gasteiger charge is 2.33. The van der Waals surface area contributed by atoms with E-state index in [9.17, 15) is 4.79 Å². The predicted molar refractivity (Wildman–Crippen MR) is 161 cm³/mol. The molecule has 0 saturated carbocycles. The van der Waals surface area contributed by atoms with Crippen LogP contribution in [0.1, 0.15) is 25.0 Å². The number of fused-ring (bicyclic) bond motifs is 1. The molecule has 0 radical (unpaired) electrons. The Bertz CT molecular complexity index is 1630. The summed E-state index contributed by atoms with van der Waals surface area (Å²) in [6.45, 7) is 7.13. The SMILES string of the molecule is C=CC(=O)N1CCCC(N2CC(C#Cc3c(-c4ccc(Oc5ccccc5)cc4)c4c(N)ncnc4n3C)C2)CC1. The van der Waals surface area contributed by atoms with Gasteiger partial charge < -0.3 is 19.9 Å². The van der Waals surface area contributed by atoms with Gasteiger partial charge in [-0.25, -0.2) is 9.97 Å². The van der Waals surface area contributed by atoms with E-state index in [0.717, 1.165) is 84.8 Å². The lowest BCUT2D eigenvalue weighted by atomic mass is 9.94. The van der Waals surface area contributed by atoms with Gasteiger partial charge in [0.15, 0.2) is 0 Å². The van der Waals surface area contributed by atoms with Gasteiger partial charge in [0.25, 0.3) is 0 Å². The van der Waals surface area contributed by atoms with Gasteiger partial charge in [0.2, 0.25) is 5.91 Å². The van der Waals surface area contributed by atoms with Gasteiger partial charge in [-0.05, 0) is 61.1 Å². The lowest BCUT2D eigenvalue weighted by Gasteiger charge is -2.42. The number of hydrogen-bond donors (Lipinski definition) is 1. The molecule has 6 rings (SSSR count). The van der Waals surface area contributed by atoms with Crippen LogP contribution in [0, 0.1) is 17.8 Å². The molecule has 41 heavy (non-hydrogen) atoms. The molecule has 0 bridgehead atoms. The molecule has 2 aromatic carbocycles. The molecular weight excluding hydrogens is 512 g/mol. The van der Waals surface area contributed by atoms with Gasteiger partial charge in [0.05, 0.1) is 5.39 Å². The van der Waals surface area contributed by atoms with Gasteiger partial charge in [-0.3, -0.25) is 9.69 Å². The van der Waals surface area contributed by atoms with Crippen LogP contribution in [0.15, 0.2) is 73.6 Å². The van der Waals surface area contributed by atoms with Crippen molar-refractivity contribution in [2.45, 2.75) is 25.3 Å². The largest absolute Gasteiger partial charge is 0.457 e. The van der Waals surface area contributed by atoms with E-state index in [1.165, 1.54) is 12.4 Å². The highest BCUT2D eigenvalue weighted by atomic mass is 16.5. The minimum Gasteiger partial charge on any atom is -0.457 e. The molecule has 8 nitrogen and oxygen atoms in total. The van der Waals surface area contributed by atoms with Crippen molar-refractivity contribution in [2.24, 2.45) is 13.0 Å². The molecule has 2 aliphatic rings. The highest BCUT2D eigenvalue weighted by molar-refractivity contribution is 6.03. The molecule has 1 amide bonds. The van der Waals surface area contributed by atoms with Crippen molar-refractivity contribution >= 4 is 22.8 Å². The van der Waals surface area contributed by atoms with Crippen LogP contribution in [0.4, 0.5) is 5.82 Å². The molecule has 2 aromatic heterocycles. The molecule has 4 aromatic rings. The highest BCUT2D eigenvalue weighted by Crippen LogP contribution is 2.37. The normalized spacial score (nSPS) is 17.8. The summed E-state index contributed by atoms with van der Waals surface area (Å²) in [4.78, 5) is 25.3. The fourth-order valence-corrected chi connectivity index (χ4v) is 5.88. The van der Waals surface area contributed by atoms with Crippen LogP contribution in [-0.2, 0) is 11.8 Å². The number of benzene rings is 2. The van der Waals surface area contributed by atoms with Crippen LogP contribution in [0.2, 0.25) is 0 Å². The number of ether oxygens (including phenoxy) is 1. The maximum absolute atomic E-state index is 12.0. The zero-order valence-corrected chi connectivity index (χ0v) is 23.3. The van der Waals surface area contributed by atoms with Gasteiger partial charge in [0.1, 0.15) is 35.0 Å². The first-order chi connectivity index (χ1) is 20.0. The third-order valence-electron chi connectivity index (χ3n) is 8.12. The molecule has 2 N–H and O–H groups in total. The Balaban J connectivity index is 1.22. The van der Waals surface area contributed by atoms with Gasteiger partial charge in [0, 0.05) is 50.7 Å². The number of likely N-dealkylation sites (tertiary alicyclic amines) is 2. The molecule has 208 valence electrons. The molecule has 8 heteroatoms. The van der Waals surface area contributed by atoms with Crippen molar-refractivity contribution in [1.29, 1.82) is 0 Å². The third-order valence-corrected chi connectivity index (χ3v) is 8.12. The van der Waals surface area contributed by atoms with Crippen molar-refractivity contribution < 1.29 is 9.53 Å². The first-order valence-corrected chi connectivity index (χ1v) is 14.1. The number of anilines is 1. The maximum Gasteiger partial charge on any atom is 0.245 e. The lowest BCUT2D eigenvalue weighted by Crippen LogP contribution is -2.51. The number of nitrogens with zero attached hydrogens (tertiary/aromatic N) is 5. The molecule has 2 fully saturated rings. The summed E-state index contributed by atoms with van der Waals surface area (Å²) in [6, 6.07) is 18.2. The van der Waals surface area contributed by atoms with E-state index in [4.69, 9.17) is 10.5 Å². The molecule has 2 saturated heterocycles. The van der Waals surface area contributed by atoms with Crippen molar-refractivity contribution in [2.75, 3.05) is 31.9 Å². The number of nitrogen functional groups attached to an aromatic ring is 1. The second-order valence-electron chi connectivity index (χ2n) is 10.7. The van der Waals surface area contributed by atoms with Gasteiger partial charge in [-0.1, -0.05) is 42.8 Å². The van der Waals surface area contributed by atoms with Crippen molar-refractivity contribution in [3.8, 4) is 34.5 Å². The van der Waals surface area contributed by atoms with Crippen LogP contribution in [-0.4, -0.2) is 62.5 Å². The monoisotopic (exact) mass is 546 g/mol. The molecule has 0 spiro atoms. The second-order valence-corrected chi connectivity index (χ2v) is 10.7. The predicted octanol–water partition coefficient (Wildman–Crippen LogP) is 4.86. The summed E-state index contributed by atoms with van der Waals surface area (Å²) in [7, 11) is 1.98. The molecule has 4 heterocycles. The molecule has 1 unspecified atom stereocenters. The van der Waals surface area contributed by atoms with Crippen molar-refractivity contribution in [1.82, 2.24) is 24.3 Å². The maximum atomic E-state index is 12.0. The van der Waals surface area contributed by atoms with Crippen LogP contribution < -0.4 is 10.5 Å². The summed E-state index contributed by atoms with van der Waals surface area (Å²) in [5.41, 5.74) is 9.92. The first kappa shape index (κ1) is 26.6. The third kappa shape index (κ3) is 5.41. The lowest BCUT2D eigenvalue weighted by molar-refractivity contribution is -0.126. The molecule has 0 aliphatic carbocycles. The van der Waals surface area contributed by atoms with Crippen LogP contribution in [0.5, 0.6) is 11.5 Å². The summed E-state index contributed by atoms with van der Waals surface area (Å²) in [6.07, 6.45) is 6.04. The van der Waals surface area contributed by atoms with Crippen LogP contribution in [0.3, 0.4) is 0 Å². The van der Waals surface area contributed by atoms with Crippen molar-refractivity contribution in [3.63, 3.8) is 0 Å². The standard InChI is InChI=1S/C33H34N6O2/c1-3-29(40)38-18-7-8-25(17-19-38)39-20-23(21-39)11-16-28-30(31-32(34)35-22-36-33(31)37(28)2)24-12-14-27(15-13-24)41-26-9-5-4-6-10-26/h3-6,9-10,12-15,22-23,25H,1,7-8,17-21H2,2H3,(H2,34,35,36). The number of carbonyl (C=O) groups is 1.